The third-order valence-corrected chi connectivity index (χ3v) is 5.86. The summed E-state index contributed by atoms with van der Waals surface area (Å²) in [6.07, 6.45) is 9.35. The third-order valence-electron chi connectivity index (χ3n) is 5.86. The van der Waals surface area contributed by atoms with Crippen LogP contribution in [0.1, 0.15) is 6.42 Å². The molecule has 0 atom stereocenters. The highest BCUT2D eigenvalue weighted by Gasteiger charge is 2.25. The smallest absolute Gasteiger partial charge is 0.239 e. The normalized spacial score (nSPS) is 13.0. The Balaban J connectivity index is 1.53. The lowest BCUT2D eigenvalue weighted by Gasteiger charge is -2.29. The summed E-state index contributed by atoms with van der Waals surface area (Å²) in [7, 11) is 3.54. The molecule has 0 saturated heterocycles. The fourth-order valence-electron chi connectivity index (χ4n) is 4.12. The average molecular weight is 520 g/mol. The molecule has 3 aromatic rings. The number of halogens is 1. The second-order valence-electron chi connectivity index (χ2n) is 8.77. The maximum atomic E-state index is 13.9. The molecule has 0 spiro atoms. The van der Waals surface area contributed by atoms with E-state index in [1.165, 1.54) is 18.5 Å². The number of hydrazine groups is 1. The Bertz CT molecular complexity index is 1370. The van der Waals surface area contributed by atoms with E-state index in [4.69, 9.17) is 21.6 Å². The second-order valence-corrected chi connectivity index (χ2v) is 8.77. The molecule has 1 aromatic heterocycles. The highest BCUT2D eigenvalue weighted by Crippen LogP contribution is 2.35. The Morgan fingerprint density at radius 1 is 1.29 bits per heavy atom. The number of hydrogen-bond acceptors (Lipinski definition) is 9. The number of nitrogens with two attached hydrogens (primary N) is 1. The summed E-state index contributed by atoms with van der Waals surface area (Å²) >= 11 is 0. The van der Waals surface area contributed by atoms with Gasteiger partial charge in [0, 0.05) is 24.2 Å². The van der Waals surface area contributed by atoms with Crippen LogP contribution in [0.3, 0.4) is 0 Å². The van der Waals surface area contributed by atoms with Crippen LogP contribution in [-0.2, 0) is 4.79 Å². The number of carbonyl (C=O) groups is 1. The van der Waals surface area contributed by atoms with Crippen molar-refractivity contribution in [2.24, 2.45) is 5.73 Å². The first-order valence-corrected chi connectivity index (χ1v) is 12.0. The van der Waals surface area contributed by atoms with Crippen molar-refractivity contribution in [2.75, 3.05) is 57.3 Å². The van der Waals surface area contributed by atoms with Crippen LogP contribution in [0.2, 0.25) is 0 Å². The molecule has 198 valence electrons. The molecule has 0 unspecified atom stereocenters. The van der Waals surface area contributed by atoms with Gasteiger partial charge in [0.05, 0.1) is 43.7 Å². The van der Waals surface area contributed by atoms with E-state index in [1.54, 1.807) is 35.5 Å². The van der Waals surface area contributed by atoms with Crippen LogP contribution in [0, 0.1) is 18.2 Å². The fraction of sp³-hybridized carbons (Fsp3) is 0.296. The van der Waals surface area contributed by atoms with Gasteiger partial charge in [-0.2, -0.15) is 0 Å². The molecule has 0 aliphatic carbocycles. The van der Waals surface area contributed by atoms with Crippen LogP contribution >= 0.6 is 0 Å². The van der Waals surface area contributed by atoms with E-state index in [1.807, 2.05) is 24.1 Å². The molecule has 1 aliphatic heterocycles. The maximum Gasteiger partial charge on any atom is 0.239 e. The van der Waals surface area contributed by atoms with Crippen molar-refractivity contribution in [1.29, 1.82) is 0 Å². The number of aromatic nitrogens is 2. The maximum absolute atomic E-state index is 13.9. The van der Waals surface area contributed by atoms with Gasteiger partial charge in [0.2, 0.25) is 5.91 Å². The zero-order valence-electron chi connectivity index (χ0n) is 21.4. The van der Waals surface area contributed by atoms with Gasteiger partial charge in [-0.05, 0) is 37.7 Å². The van der Waals surface area contributed by atoms with Gasteiger partial charge < -0.3 is 20.5 Å². The number of nitrogens with zero attached hydrogens (tertiary/aromatic N) is 5. The molecular weight excluding hydrogens is 489 g/mol. The summed E-state index contributed by atoms with van der Waals surface area (Å²) < 4.78 is 25.4. The van der Waals surface area contributed by atoms with Crippen molar-refractivity contribution in [2.45, 2.75) is 6.42 Å². The van der Waals surface area contributed by atoms with Crippen LogP contribution in [0.5, 0.6) is 11.5 Å². The predicted octanol–water partition coefficient (Wildman–Crippen LogP) is 2.59. The number of fused-ring (bicyclic) bond motifs is 1. The summed E-state index contributed by atoms with van der Waals surface area (Å²) in [4.78, 5) is 22.5. The highest BCUT2D eigenvalue weighted by atomic mass is 19.1. The highest BCUT2D eigenvalue weighted by molar-refractivity contribution is 5.92. The van der Waals surface area contributed by atoms with Gasteiger partial charge in [0.25, 0.3) is 0 Å². The topological polar surface area (TPSA) is 109 Å². The molecule has 0 radical (unpaired) electrons. The lowest BCUT2D eigenvalue weighted by Crippen LogP contribution is -2.41. The van der Waals surface area contributed by atoms with Crippen molar-refractivity contribution in [3.63, 3.8) is 0 Å². The summed E-state index contributed by atoms with van der Waals surface area (Å²) in [5, 5.41) is 7.42. The Hall–Kier alpha value is -4.56. The summed E-state index contributed by atoms with van der Waals surface area (Å²) in [6, 6.07) is 9.75. The first kappa shape index (κ1) is 26.5. The molecular formula is C27H30FN7O3. The van der Waals surface area contributed by atoms with Gasteiger partial charge in [0.1, 0.15) is 24.5 Å². The van der Waals surface area contributed by atoms with E-state index in [0.717, 1.165) is 24.0 Å². The molecule has 0 saturated carbocycles. The number of methoxy groups -OCH3 is 1. The quantitative estimate of drug-likeness (QED) is 0.276. The molecule has 1 aliphatic rings. The minimum atomic E-state index is -0.517. The summed E-state index contributed by atoms with van der Waals surface area (Å²) in [5.41, 5.74) is 7.42. The average Bonchev–Trinajstić information content (AvgIpc) is 3.27. The lowest BCUT2D eigenvalue weighted by atomic mass is 10.2. The molecule has 3 N–H and O–H groups in total. The summed E-state index contributed by atoms with van der Waals surface area (Å²) in [5.74, 6) is 3.39. The number of amides is 1. The standard InChI is InChI=1S/C27H30FN7O3/c1-4-9-33(2)10-6-11-38-25-14-23-22(13-24(25)37-3)27(31-18-30-23)32-20-15-34(17-26(29)36)35(16-20)21-8-5-7-19(28)12-21/h1,5,7-8,12-15,18H,6,9-11,16-17H2,2-3H3,(H2,29,36)(H,30,31,32). The molecule has 11 heteroatoms. The predicted molar refractivity (Wildman–Crippen MR) is 144 cm³/mol. The van der Waals surface area contributed by atoms with Crippen molar-refractivity contribution in [1.82, 2.24) is 19.9 Å². The minimum absolute atomic E-state index is 0.0702. The number of anilines is 2. The van der Waals surface area contributed by atoms with E-state index in [2.05, 4.69) is 21.2 Å². The number of carbonyl (C=O) groups excluding carboxylic acids is 1. The monoisotopic (exact) mass is 519 g/mol. The Labute approximate surface area is 220 Å². The van der Waals surface area contributed by atoms with Crippen LogP contribution in [0.4, 0.5) is 15.9 Å². The van der Waals surface area contributed by atoms with E-state index < -0.39 is 5.91 Å². The van der Waals surface area contributed by atoms with E-state index in [9.17, 15) is 9.18 Å². The molecule has 1 amide bonds. The summed E-state index contributed by atoms with van der Waals surface area (Å²) in [6.45, 7) is 2.16. The molecule has 10 nitrogen and oxygen atoms in total. The third kappa shape index (κ3) is 6.41. The molecule has 2 aromatic carbocycles. The fourth-order valence-corrected chi connectivity index (χ4v) is 4.12. The molecule has 0 fully saturated rings. The molecule has 2 heterocycles. The van der Waals surface area contributed by atoms with Gasteiger partial charge in [-0.15, -0.1) is 6.42 Å². The number of nitrogens with one attached hydrogen (secondary N) is 1. The van der Waals surface area contributed by atoms with E-state index in [-0.39, 0.29) is 12.4 Å². The number of rotatable bonds is 12. The van der Waals surface area contributed by atoms with Crippen molar-refractivity contribution in [3.05, 3.63) is 60.4 Å². The molecule has 4 rings (SSSR count). The Morgan fingerprint density at radius 3 is 2.87 bits per heavy atom. The number of benzene rings is 2. The van der Waals surface area contributed by atoms with Crippen LogP contribution in [-0.4, -0.2) is 72.7 Å². The zero-order chi connectivity index (χ0) is 27.1. The number of primary amides is 1. The van der Waals surface area contributed by atoms with Crippen molar-refractivity contribution < 1.29 is 18.7 Å². The number of ether oxygens (including phenoxy) is 2. The van der Waals surface area contributed by atoms with Crippen LogP contribution in [0.25, 0.3) is 10.9 Å². The van der Waals surface area contributed by atoms with Crippen molar-refractivity contribution >= 4 is 28.3 Å². The minimum Gasteiger partial charge on any atom is -0.493 e. The van der Waals surface area contributed by atoms with Crippen molar-refractivity contribution in [3.8, 4) is 23.8 Å². The SMILES string of the molecule is C#CCN(C)CCCOc1cc2ncnc(NC3=CN(CC(N)=O)N(c4cccc(F)c4)C3)c2cc1OC. The van der Waals surface area contributed by atoms with Gasteiger partial charge in [-0.3, -0.25) is 19.7 Å². The Kier molecular flexibility index (Phi) is 8.45. The lowest BCUT2D eigenvalue weighted by molar-refractivity contribution is -0.118. The Morgan fingerprint density at radius 2 is 2.13 bits per heavy atom. The van der Waals surface area contributed by atoms with E-state index in [0.29, 0.717) is 48.2 Å². The second kappa shape index (κ2) is 12.1. The van der Waals surface area contributed by atoms with Crippen LogP contribution in [0.15, 0.2) is 54.6 Å². The zero-order valence-corrected chi connectivity index (χ0v) is 21.4. The first-order valence-electron chi connectivity index (χ1n) is 12.0. The van der Waals surface area contributed by atoms with E-state index >= 15 is 0 Å². The van der Waals surface area contributed by atoms with Gasteiger partial charge in [-0.1, -0.05) is 12.0 Å². The number of terminal acetylenes is 1. The van der Waals surface area contributed by atoms with Gasteiger partial charge in [0.15, 0.2) is 11.5 Å². The van der Waals surface area contributed by atoms with Gasteiger partial charge in [-0.25, -0.2) is 14.4 Å². The molecule has 38 heavy (non-hydrogen) atoms. The number of hydrogen-bond donors (Lipinski definition) is 2. The van der Waals surface area contributed by atoms with Crippen LogP contribution < -0.4 is 25.5 Å². The first-order chi connectivity index (χ1) is 18.4. The van der Waals surface area contributed by atoms with Gasteiger partial charge >= 0.3 is 0 Å². The molecule has 0 bridgehead atoms. The largest absolute Gasteiger partial charge is 0.493 e.